The molecule has 4 heteroatoms. The number of pyridine rings is 1. The van der Waals surface area contributed by atoms with Crippen LogP contribution in [-0.2, 0) is 19.4 Å². The third-order valence-corrected chi connectivity index (χ3v) is 7.33. The standard InChI is InChI=1S/C25H34N4/c1-20-4-3-11-26-25(20)19-27-14-16-29(17-15-27)23-9-12-28(13-10-23)24-8-7-21-5-2-6-22(21)18-24/h3-4,7-8,11,18,23H,2,5-6,9-10,12-17,19H2,1H3. The van der Waals surface area contributed by atoms with Crippen LogP contribution in [0.25, 0.3) is 0 Å². The van der Waals surface area contributed by atoms with E-state index in [1.165, 1.54) is 88.3 Å². The molecule has 0 amide bonds. The van der Waals surface area contributed by atoms with Crippen LogP contribution in [0.2, 0.25) is 0 Å². The zero-order valence-electron chi connectivity index (χ0n) is 17.8. The highest BCUT2D eigenvalue weighted by Crippen LogP contribution is 2.29. The molecular weight excluding hydrogens is 356 g/mol. The average Bonchev–Trinajstić information content (AvgIpc) is 3.24. The van der Waals surface area contributed by atoms with Crippen molar-refractivity contribution < 1.29 is 0 Å². The van der Waals surface area contributed by atoms with Crippen LogP contribution in [0.4, 0.5) is 5.69 Å². The first-order valence-electron chi connectivity index (χ1n) is 11.5. The van der Waals surface area contributed by atoms with Gasteiger partial charge in [-0.15, -0.1) is 0 Å². The molecule has 5 rings (SSSR count). The van der Waals surface area contributed by atoms with Crippen LogP contribution in [0, 0.1) is 6.92 Å². The number of anilines is 1. The van der Waals surface area contributed by atoms with Crippen molar-refractivity contribution >= 4 is 5.69 Å². The van der Waals surface area contributed by atoms with E-state index in [0.29, 0.717) is 0 Å². The molecule has 2 fully saturated rings. The highest BCUT2D eigenvalue weighted by Gasteiger charge is 2.28. The Kier molecular flexibility index (Phi) is 5.56. The van der Waals surface area contributed by atoms with Gasteiger partial charge in [0, 0.05) is 63.7 Å². The summed E-state index contributed by atoms with van der Waals surface area (Å²) in [5.74, 6) is 0. The van der Waals surface area contributed by atoms with Crippen LogP contribution in [0.1, 0.15) is 41.6 Å². The molecule has 154 valence electrons. The van der Waals surface area contributed by atoms with Gasteiger partial charge >= 0.3 is 0 Å². The van der Waals surface area contributed by atoms with Crippen LogP contribution < -0.4 is 4.90 Å². The third kappa shape index (κ3) is 4.19. The number of piperidine rings is 1. The number of hydrogen-bond acceptors (Lipinski definition) is 4. The Balaban J connectivity index is 1.11. The maximum absolute atomic E-state index is 4.58. The monoisotopic (exact) mass is 390 g/mol. The van der Waals surface area contributed by atoms with Gasteiger partial charge in [0.25, 0.3) is 0 Å². The first-order chi connectivity index (χ1) is 14.3. The molecule has 0 atom stereocenters. The Hall–Kier alpha value is -1.91. The fourth-order valence-electron chi connectivity index (χ4n) is 5.43. The van der Waals surface area contributed by atoms with Gasteiger partial charge in [-0.1, -0.05) is 12.1 Å². The van der Waals surface area contributed by atoms with E-state index < -0.39 is 0 Å². The molecule has 2 aromatic rings. The number of hydrogen-bond donors (Lipinski definition) is 0. The summed E-state index contributed by atoms with van der Waals surface area (Å²) in [6, 6.07) is 12.2. The molecule has 1 aromatic heterocycles. The maximum Gasteiger partial charge on any atom is 0.0573 e. The normalized spacial score (nSPS) is 21.5. The zero-order valence-corrected chi connectivity index (χ0v) is 17.8. The van der Waals surface area contributed by atoms with E-state index in [1.807, 2.05) is 12.3 Å². The van der Waals surface area contributed by atoms with Crippen LogP contribution in [0.15, 0.2) is 36.5 Å². The fraction of sp³-hybridized carbons (Fsp3) is 0.560. The lowest BCUT2D eigenvalue weighted by atomic mass is 10.0. The number of nitrogens with zero attached hydrogens (tertiary/aromatic N) is 4. The van der Waals surface area contributed by atoms with Gasteiger partial charge in [-0.05, 0) is 73.9 Å². The summed E-state index contributed by atoms with van der Waals surface area (Å²) < 4.78 is 0. The van der Waals surface area contributed by atoms with Gasteiger partial charge < -0.3 is 4.90 Å². The van der Waals surface area contributed by atoms with Crippen molar-refractivity contribution in [1.82, 2.24) is 14.8 Å². The Morgan fingerprint density at radius 2 is 1.72 bits per heavy atom. The van der Waals surface area contributed by atoms with E-state index in [-0.39, 0.29) is 0 Å². The Morgan fingerprint density at radius 1 is 0.931 bits per heavy atom. The zero-order chi connectivity index (χ0) is 19.6. The molecule has 0 N–H and O–H groups in total. The van der Waals surface area contributed by atoms with E-state index >= 15 is 0 Å². The van der Waals surface area contributed by atoms with Crippen LogP contribution in [-0.4, -0.2) is 60.1 Å². The van der Waals surface area contributed by atoms with E-state index in [9.17, 15) is 0 Å². The molecular formula is C25H34N4. The van der Waals surface area contributed by atoms with Gasteiger partial charge in [0.15, 0.2) is 0 Å². The lowest BCUT2D eigenvalue weighted by Crippen LogP contribution is -2.53. The molecule has 3 heterocycles. The predicted octanol–water partition coefficient (Wildman–Crippen LogP) is 3.67. The molecule has 4 nitrogen and oxygen atoms in total. The molecule has 2 aliphatic heterocycles. The fourth-order valence-corrected chi connectivity index (χ4v) is 5.43. The maximum atomic E-state index is 4.58. The van der Waals surface area contributed by atoms with E-state index in [0.717, 1.165) is 12.6 Å². The number of rotatable bonds is 4. The summed E-state index contributed by atoms with van der Waals surface area (Å²) >= 11 is 0. The Bertz CT molecular complexity index is 832. The summed E-state index contributed by atoms with van der Waals surface area (Å²) in [6.07, 6.45) is 8.43. The smallest absolute Gasteiger partial charge is 0.0573 e. The summed E-state index contributed by atoms with van der Waals surface area (Å²) in [5.41, 5.74) is 7.20. The molecule has 0 bridgehead atoms. The summed E-state index contributed by atoms with van der Waals surface area (Å²) in [6.45, 7) is 10.3. The van der Waals surface area contributed by atoms with Crippen molar-refractivity contribution in [3.05, 3.63) is 58.9 Å². The second-order valence-electron chi connectivity index (χ2n) is 9.10. The van der Waals surface area contributed by atoms with Gasteiger partial charge in [-0.2, -0.15) is 0 Å². The Labute approximate surface area is 175 Å². The van der Waals surface area contributed by atoms with Gasteiger partial charge in [-0.25, -0.2) is 0 Å². The molecule has 1 aromatic carbocycles. The van der Waals surface area contributed by atoms with E-state index in [2.05, 4.69) is 50.9 Å². The number of aromatic nitrogens is 1. The van der Waals surface area contributed by atoms with Crippen LogP contribution >= 0.6 is 0 Å². The summed E-state index contributed by atoms with van der Waals surface area (Å²) in [7, 11) is 0. The molecule has 2 saturated heterocycles. The Morgan fingerprint density at radius 3 is 2.52 bits per heavy atom. The van der Waals surface area contributed by atoms with Crippen molar-refractivity contribution in [1.29, 1.82) is 0 Å². The van der Waals surface area contributed by atoms with Crippen molar-refractivity contribution in [2.45, 2.75) is 51.6 Å². The quantitative estimate of drug-likeness (QED) is 0.794. The molecule has 0 saturated carbocycles. The second kappa shape index (κ2) is 8.45. The van der Waals surface area contributed by atoms with Crippen LogP contribution in [0.5, 0.6) is 0 Å². The predicted molar refractivity (Wildman–Crippen MR) is 120 cm³/mol. The average molecular weight is 391 g/mol. The molecule has 0 spiro atoms. The highest BCUT2D eigenvalue weighted by molar-refractivity contribution is 5.52. The second-order valence-corrected chi connectivity index (χ2v) is 9.10. The van der Waals surface area contributed by atoms with Gasteiger partial charge in [0.2, 0.25) is 0 Å². The van der Waals surface area contributed by atoms with Crippen LogP contribution in [0.3, 0.4) is 0 Å². The number of aryl methyl sites for hydroxylation is 3. The van der Waals surface area contributed by atoms with Crippen molar-refractivity contribution in [2.24, 2.45) is 0 Å². The summed E-state index contributed by atoms with van der Waals surface area (Å²) in [4.78, 5) is 12.5. The van der Waals surface area contributed by atoms with Crippen molar-refractivity contribution in [2.75, 3.05) is 44.2 Å². The SMILES string of the molecule is Cc1cccnc1CN1CCN(C2CCN(c3ccc4c(c3)CCC4)CC2)CC1. The van der Waals surface area contributed by atoms with Gasteiger partial charge in [0.05, 0.1) is 5.69 Å². The highest BCUT2D eigenvalue weighted by atomic mass is 15.3. The molecule has 1 aliphatic carbocycles. The largest absolute Gasteiger partial charge is 0.371 e. The lowest BCUT2D eigenvalue weighted by molar-refractivity contribution is 0.0804. The van der Waals surface area contributed by atoms with E-state index in [4.69, 9.17) is 0 Å². The first kappa shape index (κ1) is 19.1. The first-order valence-corrected chi connectivity index (χ1v) is 11.5. The minimum atomic E-state index is 0.763. The third-order valence-electron chi connectivity index (χ3n) is 7.33. The number of fused-ring (bicyclic) bond motifs is 1. The minimum Gasteiger partial charge on any atom is -0.371 e. The molecule has 3 aliphatic rings. The lowest BCUT2D eigenvalue weighted by Gasteiger charge is -2.43. The number of benzene rings is 1. The van der Waals surface area contributed by atoms with Crippen molar-refractivity contribution in [3.8, 4) is 0 Å². The molecule has 29 heavy (non-hydrogen) atoms. The number of piperazine rings is 1. The minimum absolute atomic E-state index is 0.763. The van der Waals surface area contributed by atoms with E-state index in [1.54, 1.807) is 11.1 Å². The molecule has 0 unspecified atom stereocenters. The van der Waals surface area contributed by atoms with Crippen molar-refractivity contribution in [3.63, 3.8) is 0 Å². The molecule has 0 radical (unpaired) electrons. The topological polar surface area (TPSA) is 22.6 Å². The van der Waals surface area contributed by atoms with Gasteiger partial charge in [0.1, 0.15) is 0 Å². The van der Waals surface area contributed by atoms with Gasteiger partial charge in [-0.3, -0.25) is 14.8 Å². The summed E-state index contributed by atoms with van der Waals surface area (Å²) in [5, 5.41) is 0.